The predicted octanol–water partition coefficient (Wildman–Crippen LogP) is 2.15. The molecule has 0 amide bonds. The second-order valence-electron chi connectivity index (χ2n) is 3.75. The van der Waals surface area contributed by atoms with Crippen molar-refractivity contribution in [2.75, 3.05) is 0 Å². The molecule has 0 saturated carbocycles. The van der Waals surface area contributed by atoms with Gasteiger partial charge in [-0.25, -0.2) is 4.98 Å². The smallest absolute Gasteiger partial charge is 0.309 e. The van der Waals surface area contributed by atoms with Crippen LogP contribution in [0.25, 0.3) is 4.96 Å². The summed E-state index contributed by atoms with van der Waals surface area (Å²) in [5.41, 5.74) is 1.88. The zero-order valence-corrected chi connectivity index (χ0v) is 9.41. The molecule has 0 aliphatic carbocycles. The molecule has 0 aliphatic heterocycles. The Morgan fingerprint density at radius 3 is 3.00 bits per heavy atom. The lowest BCUT2D eigenvalue weighted by molar-refractivity contribution is -0.136. The number of carboxylic acids is 1. The van der Waals surface area contributed by atoms with Gasteiger partial charge in [-0.2, -0.15) is 0 Å². The summed E-state index contributed by atoms with van der Waals surface area (Å²) < 4.78 is 1.95. The highest BCUT2D eigenvalue weighted by Gasteiger charge is 2.14. The average Bonchev–Trinajstić information content (AvgIpc) is 2.66. The molecule has 80 valence electrons. The third-order valence-electron chi connectivity index (χ3n) is 2.27. The van der Waals surface area contributed by atoms with Gasteiger partial charge in [-0.1, -0.05) is 13.8 Å². The molecule has 1 N–H and O–H groups in total. The summed E-state index contributed by atoms with van der Waals surface area (Å²) >= 11 is 1.48. The topological polar surface area (TPSA) is 54.6 Å². The minimum atomic E-state index is -0.807. The Bertz CT molecular complexity index is 498. The Hall–Kier alpha value is -1.36. The summed E-state index contributed by atoms with van der Waals surface area (Å²) in [6.07, 6.45) is 1.87. The molecular weight excluding hydrogens is 212 g/mol. The largest absolute Gasteiger partial charge is 0.481 e. The molecule has 0 aromatic carbocycles. The van der Waals surface area contributed by atoms with Crippen molar-refractivity contribution >= 4 is 22.3 Å². The van der Waals surface area contributed by atoms with E-state index in [4.69, 9.17) is 5.11 Å². The summed E-state index contributed by atoms with van der Waals surface area (Å²) in [6, 6.07) is 0. The number of fused-ring (bicyclic) bond motifs is 1. The van der Waals surface area contributed by atoms with Crippen LogP contribution < -0.4 is 0 Å². The minimum absolute atomic E-state index is 0.0517. The fourth-order valence-electron chi connectivity index (χ4n) is 1.58. The standard InChI is InChI=1S/C10H12N2O2S/c1-6(2)8-4-11-10-12(8)7(5-15-10)3-9(13)14/h4-6H,3H2,1-2H3,(H,13,14). The van der Waals surface area contributed by atoms with Crippen molar-refractivity contribution in [2.45, 2.75) is 26.2 Å². The molecule has 2 aromatic heterocycles. The Labute approximate surface area is 91.2 Å². The van der Waals surface area contributed by atoms with E-state index in [2.05, 4.69) is 18.8 Å². The molecule has 2 aromatic rings. The Morgan fingerprint density at radius 1 is 1.67 bits per heavy atom. The molecule has 0 saturated heterocycles. The van der Waals surface area contributed by atoms with Crippen molar-refractivity contribution in [1.29, 1.82) is 0 Å². The fraction of sp³-hybridized carbons (Fsp3) is 0.400. The number of thiazole rings is 1. The van der Waals surface area contributed by atoms with Gasteiger partial charge in [0, 0.05) is 16.8 Å². The van der Waals surface area contributed by atoms with Gasteiger partial charge >= 0.3 is 5.97 Å². The number of carbonyl (C=O) groups is 1. The van der Waals surface area contributed by atoms with Crippen LogP contribution in [0.15, 0.2) is 11.6 Å². The maximum Gasteiger partial charge on any atom is 0.309 e. The summed E-state index contributed by atoms with van der Waals surface area (Å²) in [4.78, 5) is 15.8. The lowest BCUT2D eigenvalue weighted by Crippen LogP contribution is -2.05. The first-order valence-electron chi connectivity index (χ1n) is 4.75. The van der Waals surface area contributed by atoms with Crippen LogP contribution >= 0.6 is 11.3 Å². The Kier molecular flexibility index (Phi) is 2.48. The van der Waals surface area contributed by atoms with Gasteiger partial charge in [0.2, 0.25) is 0 Å². The van der Waals surface area contributed by atoms with Gasteiger partial charge in [0.15, 0.2) is 4.96 Å². The van der Waals surface area contributed by atoms with Crippen LogP contribution in [0.2, 0.25) is 0 Å². The molecule has 0 bridgehead atoms. The van der Waals surface area contributed by atoms with E-state index >= 15 is 0 Å². The summed E-state index contributed by atoms with van der Waals surface area (Å²) in [6.45, 7) is 4.15. The Morgan fingerprint density at radius 2 is 2.40 bits per heavy atom. The van der Waals surface area contributed by atoms with Gasteiger partial charge in [-0.15, -0.1) is 11.3 Å². The molecule has 5 heteroatoms. The van der Waals surface area contributed by atoms with E-state index in [1.165, 1.54) is 11.3 Å². The van der Waals surface area contributed by atoms with Crippen molar-refractivity contribution in [3.63, 3.8) is 0 Å². The number of aliphatic carboxylic acids is 1. The molecule has 0 atom stereocenters. The highest BCUT2D eigenvalue weighted by atomic mass is 32.1. The van der Waals surface area contributed by atoms with E-state index in [1.807, 2.05) is 16.0 Å². The maximum atomic E-state index is 10.7. The lowest BCUT2D eigenvalue weighted by atomic mass is 10.1. The number of hydrogen-bond donors (Lipinski definition) is 1. The first-order valence-corrected chi connectivity index (χ1v) is 5.63. The first kappa shape index (κ1) is 10.2. The average molecular weight is 224 g/mol. The second kappa shape index (κ2) is 3.66. The van der Waals surface area contributed by atoms with Crippen LogP contribution in [0, 0.1) is 0 Å². The SMILES string of the molecule is CC(C)c1cnc2scc(CC(=O)O)n12. The van der Waals surface area contributed by atoms with Crippen molar-refractivity contribution in [3.8, 4) is 0 Å². The lowest BCUT2D eigenvalue weighted by Gasteiger charge is -2.04. The number of rotatable bonds is 3. The summed E-state index contributed by atoms with van der Waals surface area (Å²) in [5.74, 6) is -0.458. The summed E-state index contributed by atoms with van der Waals surface area (Å²) in [5, 5.41) is 10.6. The molecule has 15 heavy (non-hydrogen) atoms. The van der Waals surface area contributed by atoms with E-state index in [0.29, 0.717) is 5.92 Å². The van der Waals surface area contributed by atoms with Gasteiger partial charge in [0.25, 0.3) is 0 Å². The van der Waals surface area contributed by atoms with Crippen molar-refractivity contribution in [1.82, 2.24) is 9.38 Å². The molecule has 0 radical (unpaired) electrons. The van der Waals surface area contributed by atoms with Crippen molar-refractivity contribution in [2.24, 2.45) is 0 Å². The van der Waals surface area contributed by atoms with E-state index in [1.54, 1.807) is 0 Å². The van der Waals surface area contributed by atoms with Crippen LogP contribution in [0.5, 0.6) is 0 Å². The van der Waals surface area contributed by atoms with E-state index < -0.39 is 5.97 Å². The zero-order chi connectivity index (χ0) is 11.0. The fourth-order valence-corrected chi connectivity index (χ4v) is 2.45. The minimum Gasteiger partial charge on any atom is -0.481 e. The van der Waals surface area contributed by atoms with Crippen LogP contribution in [-0.4, -0.2) is 20.5 Å². The van der Waals surface area contributed by atoms with Gasteiger partial charge in [0.05, 0.1) is 12.6 Å². The molecule has 0 aliphatic rings. The molecule has 2 heterocycles. The van der Waals surface area contributed by atoms with E-state index in [-0.39, 0.29) is 6.42 Å². The van der Waals surface area contributed by atoms with E-state index in [0.717, 1.165) is 16.3 Å². The number of imidazole rings is 1. The number of carboxylic acid groups (broad SMARTS) is 1. The summed E-state index contributed by atoms with van der Waals surface area (Å²) in [7, 11) is 0. The third-order valence-corrected chi connectivity index (χ3v) is 3.16. The first-order chi connectivity index (χ1) is 7.09. The van der Waals surface area contributed by atoms with Gasteiger partial charge in [0.1, 0.15) is 0 Å². The number of aromatic nitrogens is 2. The number of nitrogens with zero attached hydrogens (tertiary/aromatic N) is 2. The molecule has 0 fully saturated rings. The van der Waals surface area contributed by atoms with Crippen molar-refractivity contribution in [3.05, 3.63) is 23.0 Å². The highest BCUT2D eigenvalue weighted by molar-refractivity contribution is 7.15. The second-order valence-corrected chi connectivity index (χ2v) is 4.59. The van der Waals surface area contributed by atoms with Gasteiger partial charge in [-0.05, 0) is 5.92 Å². The zero-order valence-electron chi connectivity index (χ0n) is 8.60. The monoisotopic (exact) mass is 224 g/mol. The van der Waals surface area contributed by atoms with Crippen LogP contribution in [0.1, 0.15) is 31.2 Å². The van der Waals surface area contributed by atoms with Crippen LogP contribution in [-0.2, 0) is 11.2 Å². The Balaban J connectivity index is 2.55. The molecular formula is C10H12N2O2S. The molecule has 0 unspecified atom stereocenters. The quantitative estimate of drug-likeness (QED) is 0.869. The van der Waals surface area contributed by atoms with Crippen LogP contribution in [0.4, 0.5) is 0 Å². The van der Waals surface area contributed by atoms with E-state index in [9.17, 15) is 4.79 Å². The molecule has 2 rings (SSSR count). The van der Waals surface area contributed by atoms with Crippen molar-refractivity contribution < 1.29 is 9.90 Å². The third kappa shape index (κ3) is 1.74. The van der Waals surface area contributed by atoms with Crippen LogP contribution in [0.3, 0.4) is 0 Å². The normalized spacial score (nSPS) is 11.4. The predicted molar refractivity (Wildman–Crippen MR) is 58.5 cm³/mol. The maximum absolute atomic E-state index is 10.7. The highest BCUT2D eigenvalue weighted by Crippen LogP contribution is 2.23. The molecule has 4 nitrogen and oxygen atoms in total. The van der Waals surface area contributed by atoms with Gasteiger partial charge < -0.3 is 5.11 Å². The molecule has 0 spiro atoms. The van der Waals surface area contributed by atoms with Gasteiger partial charge in [-0.3, -0.25) is 9.20 Å². The number of hydrogen-bond acceptors (Lipinski definition) is 3.